The lowest BCUT2D eigenvalue weighted by Gasteiger charge is -2.27. The number of hydrogen-bond acceptors (Lipinski definition) is 5. The summed E-state index contributed by atoms with van der Waals surface area (Å²) in [6.07, 6.45) is 3.52. The summed E-state index contributed by atoms with van der Waals surface area (Å²) in [6.45, 7) is 8.54. The SMILES string of the molecule is CC(C)(CCC(C)(C)c1nnc[nH]1)c1nn[nH]n1. The fourth-order valence-electron chi connectivity index (χ4n) is 1.84. The van der Waals surface area contributed by atoms with Gasteiger partial charge in [-0.25, -0.2) is 0 Å². The molecule has 0 radical (unpaired) electrons. The van der Waals surface area contributed by atoms with Crippen LogP contribution in [-0.2, 0) is 10.8 Å². The molecule has 18 heavy (non-hydrogen) atoms. The van der Waals surface area contributed by atoms with Crippen molar-refractivity contribution >= 4 is 0 Å². The first-order valence-corrected chi connectivity index (χ1v) is 6.02. The number of aromatic amines is 2. The lowest BCUT2D eigenvalue weighted by Crippen LogP contribution is -2.26. The molecule has 0 aromatic carbocycles. The molecule has 0 bridgehead atoms. The Hall–Kier alpha value is -1.79. The Bertz CT molecular complexity index is 423. The minimum absolute atomic E-state index is 0.0441. The molecule has 2 N–H and O–H groups in total. The van der Waals surface area contributed by atoms with Gasteiger partial charge < -0.3 is 4.98 Å². The number of tetrazole rings is 1. The van der Waals surface area contributed by atoms with E-state index in [-0.39, 0.29) is 10.8 Å². The van der Waals surface area contributed by atoms with E-state index in [1.807, 2.05) is 0 Å². The number of aromatic nitrogens is 7. The van der Waals surface area contributed by atoms with Crippen molar-refractivity contribution in [3.05, 3.63) is 18.0 Å². The molecule has 0 unspecified atom stereocenters. The minimum atomic E-state index is -0.107. The summed E-state index contributed by atoms with van der Waals surface area (Å²) < 4.78 is 0. The maximum atomic E-state index is 4.10. The second-order valence-corrected chi connectivity index (χ2v) is 5.84. The molecule has 98 valence electrons. The fourth-order valence-corrected chi connectivity index (χ4v) is 1.84. The molecular weight excluding hydrogens is 230 g/mol. The number of nitrogens with zero attached hydrogens (tertiary/aromatic N) is 5. The maximum Gasteiger partial charge on any atom is 0.180 e. The Morgan fingerprint density at radius 1 is 1.06 bits per heavy atom. The molecule has 0 aliphatic carbocycles. The molecule has 7 nitrogen and oxygen atoms in total. The Morgan fingerprint density at radius 2 is 1.78 bits per heavy atom. The standard InChI is InChI=1S/C11H19N7/c1-10(2,8-12-7-13-14-8)5-6-11(3,4)9-15-17-18-16-9/h7H,5-6H2,1-4H3,(H,12,13,14)(H,15,16,17,18). The highest BCUT2D eigenvalue weighted by atomic mass is 15.5. The van der Waals surface area contributed by atoms with Gasteiger partial charge in [0.25, 0.3) is 0 Å². The van der Waals surface area contributed by atoms with Gasteiger partial charge in [-0.3, -0.25) is 0 Å². The van der Waals surface area contributed by atoms with Crippen molar-refractivity contribution in [1.29, 1.82) is 0 Å². The van der Waals surface area contributed by atoms with Gasteiger partial charge in [-0.2, -0.15) is 5.21 Å². The van der Waals surface area contributed by atoms with E-state index in [9.17, 15) is 0 Å². The predicted molar refractivity (Wildman–Crippen MR) is 65.8 cm³/mol. The summed E-state index contributed by atoms with van der Waals surface area (Å²) in [5.41, 5.74) is -0.151. The van der Waals surface area contributed by atoms with Crippen LogP contribution in [0.15, 0.2) is 6.33 Å². The third-order valence-electron chi connectivity index (χ3n) is 3.38. The summed E-state index contributed by atoms with van der Waals surface area (Å²) in [6, 6.07) is 0. The van der Waals surface area contributed by atoms with Crippen LogP contribution in [0.5, 0.6) is 0 Å². The topological polar surface area (TPSA) is 96.0 Å². The van der Waals surface area contributed by atoms with E-state index in [1.165, 1.54) is 0 Å². The Kier molecular flexibility index (Phi) is 3.14. The van der Waals surface area contributed by atoms with Gasteiger partial charge in [-0.05, 0) is 12.8 Å². The van der Waals surface area contributed by atoms with Gasteiger partial charge >= 0.3 is 0 Å². The van der Waals surface area contributed by atoms with Gasteiger partial charge in [0, 0.05) is 10.8 Å². The molecule has 7 heteroatoms. The van der Waals surface area contributed by atoms with Crippen LogP contribution in [0.4, 0.5) is 0 Å². The minimum Gasteiger partial charge on any atom is -0.331 e. The highest BCUT2D eigenvalue weighted by Crippen LogP contribution is 2.32. The van der Waals surface area contributed by atoms with Crippen LogP contribution >= 0.6 is 0 Å². The second-order valence-electron chi connectivity index (χ2n) is 5.84. The molecule has 0 aliphatic rings. The van der Waals surface area contributed by atoms with Crippen molar-refractivity contribution in [3.63, 3.8) is 0 Å². The normalized spacial score (nSPS) is 12.9. The van der Waals surface area contributed by atoms with Crippen molar-refractivity contribution in [1.82, 2.24) is 35.8 Å². The van der Waals surface area contributed by atoms with E-state index in [0.717, 1.165) is 24.5 Å². The molecule has 0 fully saturated rings. The van der Waals surface area contributed by atoms with E-state index >= 15 is 0 Å². The number of rotatable bonds is 5. The summed E-state index contributed by atoms with van der Waals surface area (Å²) >= 11 is 0. The lowest BCUT2D eigenvalue weighted by atomic mass is 9.78. The average molecular weight is 249 g/mol. The van der Waals surface area contributed by atoms with E-state index in [1.54, 1.807) is 6.33 Å². The third-order valence-corrected chi connectivity index (χ3v) is 3.38. The zero-order valence-electron chi connectivity index (χ0n) is 11.2. The quantitative estimate of drug-likeness (QED) is 0.833. The van der Waals surface area contributed by atoms with Crippen LogP contribution in [0.25, 0.3) is 0 Å². The van der Waals surface area contributed by atoms with Crippen molar-refractivity contribution in [2.75, 3.05) is 0 Å². The number of nitrogens with one attached hydrogen (secondary N) is 2. The fraction of sp³-hybridized carbons (Fsp3) is 0.727. The van der Waals surface area contributed by atoms with Crippen molar-refractivity contribution in [2.45, 2.75) is 51.4 Å². The first-order chi connectivity index (χ1) is 8.42. The van der Waals surface area contributed by atoms with Crippen molar-refractivity contribution < 1.29 is 0 Å². The van der Waals surface area contributed by atoms with Gasteiger partial charge in [0.05, 0.1) is 0 Å². The van der Waals surface area contributed by atoms with Gasteiger partial charge in [0.1, 0.15) is 12.2 Å². The average Bonchev–Trinajstić information content (AvgIpc) is 2.99. The van der Waals surface area contributed by atoms with Crippen LogP contribution in [0.3, 0.4) is 0 Å². The first-order valence-electron chi connectivity index (χ1n) is 6.02. The van der Waals surface area contributed by atoms with Crippen LogP contribution in [0, 0.1) is 0 Å². The van der Waals surface area contributed by atoms with Gasteiger partial charge in [-0.1, -0.05) is 32.9 Å². The molecule has 0 saturated carbocycles. The summed E-state index contributed by atoms with van der Waals surface area (Å²) in [5, 5.41) is 22.2. The van der Waals surface area contributed by atoms with E-state index < -0.39 is 0 Å². The molecule has 0 atom stereocenters. The Morgan fingerprint density at radius 3 is 2.33 bits per heavy atom. The Balaban J connectivity index is 2.03. The van der Waals surface area contributed by atoms with Crippen molar-refractivity contribution in [2.24, 2.45) is 0 Å². The largest absolute Gasteiger partial charge is 0.331 e. The predicted octanol–water partition coefficient (Wildman–Crippen LogP) is 1.35. The molecule has 2 rings (SSSR count). The van der Waals surface area contributed by atoms with Crippen LogP contribution < -0.4 is 0 Å². The smallest absolute Gasteiger partial charge is 0.180 e. The summed E-state index contributed by atoms with van der Waals surface area (Å²) in [4.78, 5) is 3.08. The highest BCUT2D eigenvalue weighted by Gasteiger charge is 2.31. The van der Waals surface area contributed by atoms with Crippen molar-refractivity contribution in [3.8, 4) is 0 Å². The molecular formula is C11H19N7. The molecule has 0 aliphatic heterocycles. The van der Waals surface area contributed by atoms with Crippen LogP contribution in [-0.4, -0.2) is 35.8 Å². The Labute approximate surface area is 106 Å². The zero-order chi connectivity index (χ0) is 13.2. The van der Waals surface area contributed by atoms with Gasteiger partial charge in [-0.15, -0.1) is 20.4 Å². The molecule has 2 heterocycles. The molecule has 2 aromatic heterocycles. The number of H-pyrrole nitrogens is 2. The van der Waals surface area contributed by atoms with E-state index in [2.05, 4.69) is 63.5 Å². The monoisotopic (exact) mass is 249 g/mol. The highest BCUT2D eigenvalue weighted by molar-refractivity contribution is 5.05. The molecule has 2 aromatic rings. The first kappa shape index (κ1) is 12.7. The summed E-state index contributed by atoms with van der Waals surface area (Å²) in [7, 11) is 0. The lowest BCUT2D eigenvalue weighted by molar-refractivity contribution is 0.352. The zero-order valence-corrected chi connectivity index (χ0v) is 11.2. The van der Waals surface area contributed by atoms with Gasteiger partial charge in [0.2, 0.25) is 0 Å². The molecule has 0 amide bonds. The van der Waals surface area contributed by atoms with Gasteiger partial charge in [0.15, 0.2) is 5.82 Å². The van der Waals surface area contributed by atoms with E-state index in [4.69, 9.17) is 0 Å². The van der Waals surface area contributed by atoms with Crippen LogP contribution in [0.1, 0.15) is 52.2 Å². The van der Waals surface area contributed by atoms with E-state index in [0.29, 0.717) is 0 Å². The summed E-state index contributed by atoms with van der Waals surface area (Å²) in [5.74, 6) is 1.65. The van der Waals surface area contributed by atoms with Crippen LogP contribution in [0.2, 0.25) is 0 Å². The number of hydrogen-bond donors (Lipinski definition) is 2. The third kappa shape index (κ3) is 2.55. The molecule has 0 saturated heterocycles. The molecule has 0 spiro atoms. The maximum absolute atomic E-state index is 4.10. The second kappa shape index (κ2) is 4.47.